The van der Waals surface area contributed by atoms with Gasteiger partial charge in [-0.25, -0.2) is 8.42 Å². The molecule has 0 aromatic heterocycles. The van der Waals surface area contributed by atoms with Crippen LogP contribution in [0, 0.1) is 0 Å². The predicted molar refractivity (Wildman–Crippen MR) is 58.3 cm³/mol. The fraction of sp³-hybridized carbons (Fsp3) is 0.300. The summed E-state index contributed by atoms with van der Waals surface area (Å²) in [4.78, 5) is 10.3. The largest absolute Gasteiger partial charge is 0.573 e. The van der Waals surface area contributed by atoms with Gasteiger partial charge in [0, 0.05) is 0 Å². The summed E-state index contributed by atoms with van der Waals surface area (Å²) in [5.74, 6) is -3.57. The number of sulfone groups is 1. The number of benzene rings is 1. The molecule has 0 heterocycles. The molecule has 0 amide bonds. The zero-order valence-corrected chi connectivity index (χ0v) is 10.2. The summed E-state index contributed by atoms with van der Waals surface area (Å²) in [6.45, 7) is 0. The van der Waals surface area contributed by atoms with Crippen LogP contribution in [0.3, 0.4) is 0 Å². The van der Waals surface area contributed by atoms with Gasteiger partial charge in [-0.15, -0.1) is 13.2 Å². The highest BCUT2D eigenvalue weighted by Crippen LogP contribution is 2.23. The van der Waals surface area contributed by atoms with Crippen LogP contribution in [-0.4, -0.2) is 31.6 Å². The minimum Gasteiger partial charge on any atom is -0.480 e. The van der Waals surface area contributed by atoms with Crippen LogP contribution < -0.4 is 4.74 Å². The Bertz CT molecular complexity index is 548. The fourth-order valence-corrected chi connectivity index (χ4v) is 2.46. The van der Waals surface area contributed by atoms with Gasteiger partial charge in [-0.1, -0.05) is 12.1 Å². The van der Waals surface area contributed by atoms with Gasteiger partial charge in [0.1, 0.15) is 11.5 Å². The Hall–Kier alpha value is -1.77. The molecule has 106 valence electrons. The van der Waals surface area contributed by atoms with Crippen molar-refractivity contribution in [2.45, 2.75) is 12.1 Å². The molecule has 0 atom stereocenters. The predicted octanol–water partition coefficient (Wildman–Crippen LogP) is 1.58. The Labute approximate surface area is 106 Å². The molecule has 1 N–H and O–H groups in total. The van der Waals surface area contributed by atoms with Crippen molar-refractivity contribution in [2.75, 3.05) is 5.75 Å². The van der Waals surface area contributed by atoms with Gasteiger partial charge in [-0.05, 0) is 17.7 Å². The molecule has 0 aliphatic rings. The van der Waals surface area contributed by atoms with Crippen molar-refractivity contribution in [1.82, 2.24) is 0 Å². The van der Waals surface area contributed by atoms with Gasteiger partial charge in [0.15, 0.2) is 9.84 Å². The first kappa shape index (κ1) is 15.3. The van der Waals surface area contributed by atoms with Crippen LogP contribution in [0.2, 0.25) is 0 Å². The summed E-state index contributed by atoms with van der Waals surface area (Å²) >= 11 is 0. The Balaban J connectivity index is 2.75. The summed E-state index contributed by atoms with van der Waals surface area (Å²) in [6, 6.07) is 4.17. The summed E-state index contributed by atoms with van der Waals surface area (Å²) in [5, 5.41) is 8.37. The van der Waals surface area contributed by atoms with E-state index in [0.29, 0.717) is 0 Å². The molecule has 0 saturated heterocycles. The minimum absolute atomic E-state index is 0.177. The average Bonchev–Trinajstić information content (AvgIpc) is 2.16. The highest BCUT2D eigenvalue weighted by atomic mass is 32.2. The molecule has 1 aromatic rings. The van der Waals surface area contributed by atoms with Crippen LogP contribution in [0.15, 0.2) is 24.3 Å². The third kappa shape index (κ3) is 6.09. The molecule has 0 unspecified atom stereocenters. The maximum atomic E-state index is 11.9. The molecule has 1 rings (SSSR count). The van der Waals surface area contributed by atoms with Gasteiger partial charge in [0.05, 0.1) is 5.75 Å². The fourth-order valence-electron chi connectivity index (χ4n) is 1.28. The SMILES string of the molecule is O=C(O)CS(=O)(=O)Cc1ccc(OC(F)(F)F)cc1. The smallest absolute Gasteiger partial charge is 0.480 e. The molecule has 0 bridgehead atoms. The lowest BCUT2D eigenvalue weighted by Crippen LogP contribution is -2.18. The molecule has 0 aliphatic carbocycles. The molecule has 1 aromatic carbocycles. The van der Waals surface area contributed by atoms with E-state index in [1.165, 1.54) is 0 Å². The number of hydrogen-bond acceptors (Lipinski definition) is 4. The van der Waals surface area contributed by atoms with Crippen LogP contribution in [0.5, 0.6) is 5.75 Å². The zero-order chi connectivity index (χ0) is 14.7. The normalized spacial score (nSPS) is 12.2. The van der Waals surface area contributed by atoms with Crippen molar-refractivity contribution in [3.8, 4) is 5.75 Å². The van der Waals surface area contributed by atoms with E-state index >= 15 is 0 Å². The first-order chi connectivity index (χ1) is 8.57. The summed E-state index contributed by atoms with van der Waals surface area (Å²) in [6.07, 6.45) is -4.82. The first-order valence-electron chi connectivity index (χ1n) is 4.84. The second-order valence-electron chi connectivity index (χ2n) is 3.62. The maximum absolute atomic E-state index is 11.9. The van der Waals surface area contributed by atoms with Crippen molar-refractivity contribution >= 4 is 15.8 Å². The standard InChI is InChI=1S/C10H9F3O5S/c11-10(12,13)18-8-3-1-7(2-4-8)5-19(16,17)6-9(14)15/h1-4H,5-6H2,(H,14,15). The summed E-state index contributed by atoms with van der Waals surface area (Å²) < 4.78 is 61.9. The number of ether oxygens (including phenoxy) is 1. The number of carboxylic acid groups (broad SMARTS) is 1. The maximum Gasteiger partial charge on any atom is 0.573 e. The number of alkyl halides is 3. The van der Waals surface area contributed by atoms with Gasteiger partial charge in [0.2, 0.25) is 0 Å². The van der Waals surface area contributed by atoms with Crippen LogP contribution in [0.25, 0.3) is 0 Å². The van der Waals surface area contributed by atoms with Crippen molar-refractivity contribution in [3.63, 3.8) is 0 Å². The van der Waals surface area contributed by atoms with Gasteiger partial charge in [0.25, 0.3) is 0 Å². The molecule has 0 saturated carbocycles. The van der Waals surface area contributed by atoms with E-state index in [4.69, 9.17) is 5.11 Å². The Morgan fingerprint density at radius 3 is 2.16 bits per heavy atom. The van der Waals surface area contributed by atoms with E-state index in [1.54, 1.807) is 0 Å². The van der Waals surface area contributed by atoms with Crippen molar-refractivity contribution in [2.24, 2.45) is 0 Å². The summed E-state index contributed by atoms with van der Waals surface area (Å²) in [7, 11) is -3.84. The van der Waals surface area contributed by atoms with E-state index in [0.717, 1.165) is 24.3 Å². The molecular weight excluding hydrogens is 289 g/mol. The molecule has 0 aliphatic heterocycles. The molecule has 5 nitrogen and oxygen atoms in total. The number of carbonyl (C=O) groups is 1. The first-order valence-corrected chi connectivity index (χ1v) is 6.66. The molecule has 9 heteroatoms. The molecular formula is C10H9F3O5S. The van der Waals surface area contributed by atoms with Crippen molar-refractivity contribution in [1.29, 1.82) is 0 Å². The van der Waals surface area contributed by atoms with Crippen LogP contribution in [0.1, 0.15) is 5.56 Å². The number of aliphatic carboxylic acids is 1. The Morgan fingerprint density at radius 2 is 1.74 bits per heavy atom. The highest BCUT2D eigenvalue weighted by Gasteiger charge is 2.31. The van der Waals surface area contributed by atoms with Crippen molar-refractivity contribution in [3.05, 3.63) is 29.8 Å². The highest BCUT2D eigenvalue weighted by molar-refractivity contribution is 7.91. The lowest BCUT2D eigenvalue weighted by Gasteiger charge is -2.09. The second kappa shape index (κ2) is 5.47. The minimum atomic E-state index is -4.82. The number of carboxylic acids is 1. The third-order valence-corrected chi connectivity index (χ3v) is 3.35. The molecule has 0 spiro atoms. The molecule has 0 radical (unpaired) electrons. The second-order valence-corrected chi connectivity index (χ2v) is 5.68. The lowest BCUT2D eigenvalue weighted by molar-refractivity contribution is -0.274. The average molecular weight is 298 g/mol. The number of hydrogen-bond donors (Lipinski definition) is 1. The Kier molecular flexibility index (Phi) is 4.40. The monoisotopic (exact) mass is 298 g/mol. The lowest BCUT2D eigenvalue weighted by atomic mass is 10.2. The van der Waals surface area contributed by atoms with Crippen LogP contribution in [0.4, 0.5) is 13.2 Å². The number of rotatable bonds is 5. The van der Waals surface area contributed by atoms with E-state index in [-0.39, 0.29) is 5.56 Å². The van der Waals surface area contributed by atoms with E-state index < -0.39 is 39.4 Å². The Morgan fingerprint density at radius 1 is 1.21 bits per heavy atom. The van der Waals surface area contributed by atoms with E-state index in [9.17, 15) is 26.4 Å². The van der Waals surface area contributed by atoms with Crippen LogP contribution >= 0.6 is 0 Å². The van der Waals surface area contributed by atoms with Gasteiger partial charge < -0.3 is 9.84 Å². The topological polar surface area (TPSA) is 80.7 Å². The van der Waals surface area contributed by atoms with Gasteiger partial charge in [-0.2, -0.15) is 0 Å². The molecule has 0 fully saturated rings. The number of halogens is 3. The van der Waals surface area contributed by atoms with Crippen LogP contribution in [-0.2, 0) is 20.4 Å². The van der Waals surface area contributed by atoms with Gasteiger partial charge in [-0.3, -0.25) is 4.79 Å². The molecule has 19 heavy (non-hydrogen) atoms. The third-order valence-electron chi connectivity index (χ3n) is 1.89. The quantitative estimate of drug-likeness (QED) is 0.892. The van der Waals surface area contributed by atoms with Crippen molar-refractivity contribution < 1.29 is 36.2 Å². The zero-order valence-electron chi connectivity index (χ0n) is 9.35. The summed E-state index contributed by atoms with van der Waals surface area (Å²) in [5.41, 5.74) is 0.177. The van der Waals surface area contributed by atoms with E-state index in [1.807, 2.05) is 0 Å². The van der Waals surface area contributed by atoms with E-state index in [2.05, 4.69) is 4.74 Å². The van der Waals surface area contributed by atoms with Gasteiger partial charge >= 0.3 is 12.3 Å².